The Balaban J connectivity index is 1.70. The van der Waals surface area contributed by atoms with Crippen LogP contribution in [0.2, 0.25) is 0 Å². The van der Waals surface area contributed by atoms with Gasteiger partial charge >= 0.3 is 0 Å². The summed E-state index contributed by atoms with van der Waals surface area (Å²) < 4.78 is 0. The van der Waals surface area contributed by atoms with Crippen LogP contribution in [0, 0.1) is 5.41 Å². The molecule has 1 amide bonds. The highest BCUT2D eigenvalue weighted by Gasteiger charge is 2.52. The average molecular weight is 245 g/mol. The minimum absolute atomic E-state index is 0.0262. The number of azo groups is 1. The van der Waals surface area contributed by atoms with Crippen LogP contribution in [0.3, 0.4) is 0 Å². The maximum Gasteiger partial charge on any atom is 0.294 e. The van der Waals surface area contributed by atoms with Gasteiger partial charge in [0.25, 0.3) is 5.91 Å². The first-order chi connectivity index (χ1) is 8.61. The summed E-state index contributed by atoms with van der Waals surface area (Å²) in [6.45, 7) is 3.02. The SMILES string of the molecule is CC12CCC(N=NC(=O)C3=CCNC=C3)(CC1)C2. The van der Waals surface area contributed by atoms with Crippen LogP contribution in [-0.4, -0.2) is 18.0 Å². The molecule has 3 rings (SSSR count). The predicted octanol–water partition coefficient (Wildman–Crippen LogP) is 2.73. The third-order valence-electron chi connectivity index (χ3n) is 4.56. The quantitative estimate of drug-likeness (QED) is 0.760. The molecule has 1 N–H and O–H groups in total. The number of nitrogens with zero attached hydrogens (tertiary/aromatic N) is 2. The maximum atomic E-state index is 11.9. The Bertz CT molecular complexity index is 454. The number of hydrogen-bond donors (Lipinski definition) is 1. The van der Waals surface area contributed by atoms with Crippen LogP contribution >= 0.6 is 0 Å². The molecular formula is C14H19N3O. The average Bonchev–Trinajstić information content (AvgIpc) is 2.91. The molecule has 4 nitrogen and oxygen atoms in total. The summed E-state index contributed by atoms with van der Waals surface area (Å²) >= 11 is 0. The zero-order chi connectivity index (χ0) is 12.6. The Morgan fingerprint density at radius 1 is 1.33 bits per heavy atom. The van der Waals surface area contributed by atoms with Crippen molar-refractivity contribution in [2.24, 2.45) is 15.6 Å². The Morgan fingerprint density at radius 3 is 2.67 bits per heavy atom. The highest BCUT2D eigenvalue weighted by atomic mass is 16.1. The fourth-order valence-electron chi connectivity index (χ4n) is 3.42. The van der Waals surface area contributed by atoms with Crippen molar-refractivity contribution in [1.82, 2.24) is 5.32 Å². The normalized spacial score (nSPS) is 37.9. The van der Waals surface area contributed by atoms with Crippen LogP contribution in [0.15, 0.2) is 34.2 Å². The molecule has 1 heterocycles. The molecule has 18 heavy (non-hydrogen) atoms. The Labute approximate surface area is 107 Å². The highest BCUT2D eigenvalue weighted by molar-refractivity contribution is 5.96. The molecular weight excluding hydrogens is 226 g/mol. The summed E-state index contributed by atoms with van der Waals surface area (Å²) in [5, 5.41) is 11.4. The molecule has 0 aromatic heterocycles. The molecule has 3 aliphatic rings. The molecule has 0 atom stereocenters. The Morgan fingerprint density at radius 2 is 2.11 bits per heavy atom. The molecule has 96 valence electrons. The highest BCUT2D eigenvalue weighted by Crippen LogP contribution is 2.58. The van der Waals surface area contributed by atoms with E-state index in [4.69, 9.17) is 0 Å². The number of nitrogens with one attached hydrogen (secondary N) is 1. The number of rotatable bonds is 2. The molecule has 1 aliphatic heterocycles. The van der Waals surface area contributed by atoms with Gasteiger partial charge in [-0.25, -0.2) is 0 Å². The number of carbonyl (C=O) groups excluding carboxylic acids is 1. The number of amides is 1. The Hall–Kier alpha value is -1.45. The van der Waals surface area contributed by atoms with E-state index in [1.54, 1.807) is 12.3 Å². The van der Waals surface area contributed by atoms with Gasteiger partial charge in [-0.3, -0.25) is 4.79 Å². The largest absolute Gasteiger partial charge is 0.387 e. The van der Waals surface area contributed by atoms with E-state index in [1.807, 2.05) is 6.08 Å². The third-order valence-corrected chi connectivity index (χ3v) is 4.56. The zero-order valence-electron chi connectivity index (χ0n) is 10.8. The molecule has 0 unspecified atom stereocenters. The van der Waals surface area contributed by atoms with E-state index >= 15 is 0 Å². The second-order valence-corrected chi connectivity index (χ2v) is 6.12. The summed E-state index contributed by atoms with van der Waals surface area (Å²) in [6, 6.07) is 0. The predicted molar refractivity (Wildman–Crippen MR) is 69.0 cm³/mol. The second kappa shape index (κ2) is 4.04. The number of dihydropyridines is 1. The van der Waals surface area contributed by atoms with Gasteiger partial charge in [-0.2, -0.15) is 5.11 Å². The molecule has 0 spiro atoms. The first-order valence-corrected chi connectivity index (χ1v) is 6.68. The van der Waals surface area contributed by atoms with Gasteiger partial charge in [0, 0.05) is 12.1 Å². The molecule has 2 bridgehead atoms. The van der Waals surface area contributed by atoms with Crippen LogP contribution in [-0.2, 0) is 4.79 Å². The topological polar surface area (TPSA) is 53.8 Å². The standard InChI is InChI=1S/C14H19N3O/c1-13-4-6-14(10-13,7-5-13)17-16-12(18)11-2-8-15-9-3-11/h2-3,8,15H,4-7,9-10H2,1H3. The van der Waals surface area contributed by atoms with Crippen LogP contribution in [0.25, 0.3) is 0 Å². The van der Waals surface area contributed by atoms with E-state index in [-0.39, 0.29) is 11.4 Å². The summed E-state index contributed by atoms with van der Waals surface area (Å²) in [5.74, 6) is -0.206. The van der Waals surface area contributed by atoms with Gasteiger partial charge < -0.3 is 5.32 Å². The van der Waals surface area contributed by atoms with Gasteiger partial charge in [0.2, 0.25) is 0 Å². The van der Waals surface area contributed by atoms with Crippen molar-refractivity contribution in [3.63, 3.8) is 0 Å². The minimum atomic E-state index is -0.206. The van der Waals surface area contributed by atoms with Crippen molar-refractivity contribution in [2.75, 3.05) is 6.54 Å². The smallest absolute Gasteiger partial charge is 0.294 e. The molecule has 2 aliphatic carbocycles. The van der Waals surface area contributed by atoms with Gasteiger partial charge in [-0.05, 0) is 49.8 Å². The maximum absolute atomic E-state index is 11.9. The van der Waals surface area contributed by atoms with Crippen molar-refractivity contribution >= 4 is 5.91 Å². The van der Waals surface area contributed by atoms with Crippen molar-refractivity contribution in [3.8, 4) is 0 Å². The first kappa shape index (κ1) is 11.6. The molecule has 0 radical (unpaired) electrons. The second-order valence-electron chi connectivity index (χ2n) is 6.12. The van der Waals surface area contributed by atoms with Gasteiger partial charge in [0.05, 0.1) is 5.54 Å². The molecule has 0 aromatic carbocycles. The summed E-state index contributed by atoms with van der Waals surface area (Å²) in [7, 11) is 0. The monoisotopic (exact) mass is 245 g/mol. The molecule has 0 aromatic rings. The van der Waals surface area contributed by atoms with Crippen molar-refractivity contribution in [3.05, 3.63) is 23.9 Å². The van der Waals surface area contributed by atoms with Crippen molar-refractivity contribution < 1.29 is 4.79 Å². The van der Waals surface area contributed by atoms with Gasteiger partial charge in [-0.1, -0.05) is 13.0 Å². The van der Waals surface area contributed by atoms with Crippen LogP contribution in [0.5, 0.6) is 0 Å². The number of carbonyl (C=O) groups is 1. The lowest BCUT2D eigenvalue weighted by Crippen LogP contribution is -2.19. The van der Waals surface area contributed by atoms with E-state index in [1.165, 1.54) is 12.8 Å². The van der Waals surface area contributed by atoms with Gasteiger partial charge in [0.15, 0.2) is 0 Å². The zero-order valence-corrected chi connectivity index (χ0v) is 10.8. The van der Waals surface area contributed by atoms with Gasteiger partial charge in [-0.15, -0.1) is 5.11 Å². The summed E-state index contributed by atoms with van der Waals surface area (Å²) in [4.78, 5) is 11.9. The van der Waals surface area contributed by atoms with Gasteiger partial charge in [0.1, 0.15) is 0 Å². The molecule has 2 fully saturated rings. The molecule has 4 heteroatoms. The van der Waals surface area contributed by atoms with Crippen LogP contribution < -0.4 is 5.32 Å². The minimum Gasteiger partial charge on any atom is -0.387 e. The van der Waals surface area contributed by atoms with Crippen LogP contribution in [0.4, 0.5) is 0 Å². The van der Waals surface area contributed by atoms with E-state index < -0.39 is 0 Å². The van der Waals surface area contributed by atoms with E-state index in [9.17, 15) is 4.79 Å². The summed E-state index contributed by atoms with van der Waals surface area (Å²) in [6.07, 6.45) is 11.1. The number of fused-ring (bicyclic) bond motifs is 2. The number of hydrogen-bond acceptors (Lipinski definition) is 3. The lowest BCUT2D eigenvalue weighted by atomic mass is 9.86. The molecule has 0 saturated heterocycles. The Kier molecular flexibility index (Phi) is 2.61. The fourth-order valence-corrected chi connectivity index (χ4v) is 3.42. The van der Waals surface area contributed by atoms with Crippen molar-refractivity contribution in [2.45, 2.75) is 44.6 Å². The molecule has 2 saturated carbocycles. The van der Waals surface area contributed by atoms with Crippen LogP contribution in [0.1, 0.15) is 39.0 Å². The first-order valence-electron chi connectivity index (χ1n) is 6.68. The van der Waals surface area contributed by atoms with E-state index in [2.05, 4.69) is 22.5 Å². The summed E-state index contributed by atoms with van der Waals surface area (Å²) in [5.41, 5.74) is 1.07. The van der Waals surface area contributed by atoms with Crippen molar-refractivity contribution in [1.29, 1.82) is 0 Å². The fraction of sp³-hybridized carbons (Fsp3) is 0.643. The van der Waals surface area contributed by atoms with E-state index in [0.29, 0.717) is 17.5 Å². The lowest BCUT2D eigenvalue weighted by Gasteiger charge is -2.21. The van der Waals surface area contributed by atoms with E-state index in [0.717, 1.165) is 19.3 Å². The lowest BCUT2D eigenvalue weighted by molar-refractivity contribution is -0.114. The third kappa shape index (κ3) is 2.00.